The fourth-order valence-corrected chi connectivity index (χ4v) is 4.85. The minimum Gasteiger partial charge on any atom is -0.246 e. The van der Waals surface area contributed by atoms with Crippen molar-refractivity contribution < 1.29 is 8.78 Å². The van der Waals surface area contributed by atoms with Crippen LogP contribution in [-0.2, 0) is 6.67 Å². The van der Waals surface area contributed by atoms with Gasteiger partial charge in [-0.25, -0.2) is 8.78 Å². The monoisotopic (exact) mass is 688 g/mol. The molecule has 0 amide bonds. The van der Waals surface area contributed by atoms with Crippen molar-refractivity contribution in [3.05, 3.63) is 62.0 Å². The summed E-state index contributed by atoms with van der Waals surface area (Å²) in [7, 11) is 0. The van der Waals surface area contributed by atoms with Gasteiger partial charge >= 0.3 is 0 Å². The van der Waals surface area contributed by atoms with Crippen LogP contribution in [-0.4, -0.2) is 0 Å². The lowest BCUT2D eigenvalue weighted by Crippen LogP contribution is -1.88. The largest absolute Gasteiger partial charge is 0.246 e. The highest BCUT2D eigenvalue weighted by Gasteiger charge is 2.15. The van der Waals surface area contributed by atoms with E-state index in [0.717, 1.165) is 23.5 Å². The molecule has 0 aliphatic carbocycles. The summed E-state index contributed by atoms with van der Waals surface area (Å²) in [4.78, 5) is 0. The van der Waals surface area contributed by atoms with Crippen molar-refractivity contribution in [1.29, 1.82) is 0 Å². The second-order valence-electron chi connectivity index (χ2n) is 4.03. The number of rotatable bonds is 1. The molecule has 0 heterocycles. The quantitative estimate of drug-likeness (QED) is 0.207. The van der Waals surface area contributed by atoms with Crippen molar-refractivity contribution in [2.75, 3.05) is 0 Å². The Kier molecular flexibility index (Phi) is 9.27. The van der Waals surface area contributed by atoms with E-state index in [0.29, 0.717) is 14.5 Å². The van der Waals surface area contributed by atoms with E-state index < -0.39 is 6.67 Å². The average molecular weight is 694 g/mol. The highest BCUT2D eigenvalue weighted by atomic mass is 79.9. The van der Waals surface area contributed by atoms with E-state index >= 15 is 0 Å². The molecule has 0 N–H and O–H groups in total. The van der Waals surface area contributed by atoms with E-state index in [1.807, 2.05) is 25.1 Å². The van der Waals surface area contributed by atoms with Gasteiger partial charge in [0.05, 0.1) is 8.95 Å². The summed E-state index contributed by atoms with van der Waals surface area (Å²) in [5.41, 5.74) is 1.62. The van der Waals surface area contributed by atoms with Crippen molar-refractivity contribution in [3.63, 3.8) is 0 Å². The first-order valence-electron chi connectivity index (χ1n) is 5.69. The molecule has 0 nitrogen and oxygen atoms in total. The van der Waals surface area contributed by atoms with E-state index in [-0.39, 0.29) is 5.82 Å². The maximum absolute atomic E-state index is 13.3. The Labute approximate surface area is 178 Å². The molecular weight excluding hydrogens is 686 g/mol. The maximum Gasteiger partial charge on any atom is 0.153 e. The predicted molar refractivity (Wildman–Crippen MR) is 109 cm³/mol. The van der Waals surface area contributed by atoms with E-state index in [2.05, 4.69) is 95.6 Å². The molecule has 0 bridgehead atoms. The van der Waals surface area contributed by atoms with Gasteiger partial charge in [0, 0.05) is 23.5 Å². The van der Waals surface area contributed by atoms with Gasteiger partial charge in [0.1, 0.15) is 6.67 Å². The van der Waals surface area contributed by atoms with E-state index in [1.54, 1.807) is 0 Å². The summed E-state index contributed by atoms with van der Waals surface area (Å²) in [5, 5.41) is 0. The van der Waals surface area contributed by atoms with Crippen molar-refractivity contribution in [1.82, 2.24) is 0 Å². The fraction of sp³-hybridized carbons (Fsp3) is 0.143. The molecular formula is C14H8Br6F2. The average Bonchev–Trinajstić information content (AvgIpc) is 2.50. The molecule has 0 saturated heterocycles. The van der Waals surface area contributed by atoms with Crippen LogP contribution >= 0.6 is 95.6 Å². The molecule has 22 heavy (non-hydrogen) atoms. The van der Waals surface area contributed by atoms with Crippen LogP contribution < -0.4 is 0 Å². The third kappa shape index (κ3) is 5.09. The second kappa shape index (κ2) is 9.61. The second-order valence-corrected chi connectivity index (χ2v) is 8.91. The molecule has 0 aromatic heterocycles. The van der Waals surface area contributed by atoms with Gasteiger partial charge in [-0.3, -0.25) is 0 Å². The van der Waals surface area contributed by atoms with Gasteiger partial charge in [-0.2, -0.15) is 0 Å². The lowest BCUT2D eigenvalue weighted by molar-refractivity contribution is 0.482. The Morgan fingerprint density at radius 3 is 1.55 bits per heavy atom. The van der Waals surface area contributed by atoms with Gasteiger partial charge in [-0.05, 0) is 88.3 Å². The summed E-state index contributed by atoms with van der Waals surface area (Å²) in [5.74, 6) is -0.306. The molecule has 120 valence electrons. The zero-order valence-corrected chi connectivity index (χ0v) is 20.5. The summed E-state index contributed by atoms with van der Waals surface area (Å²) in [6, 6.07) is 5.49. The molecule has 2 aromatic carbocycles. The first-order chi connectivity index (χ1) is 10.2. The van der Waals surface area contributed by atoms with Crippen molar-refractivity contribution in [2.24, 2.45) is 0 Å². The van der Waals surface area contributed by atoms with Crippen molar-refractivity contribution >= 4 is 95.6 Å². The summed E-state index contributed by atoms with van der Waals surface area (Å²) < 4.78 is 29.4. The Balaban J connectivity index is 0.000000224. The number of benzene rings is 2. The van der Waals surface area contributed by atoms with Gasteiger partial charge in [0.15, 0.2) is 5.82 Å². The van der Waals surface area contributed by atoms with Gasteiger partial charge in [-0.1, -0.05) is 37.9 Å². The fourth-order valence-electron chi connectivity index (χ4n) is 1.37. The minimum absolute atomic E-state index is 0.306. The Bertz CT molecular complexity index is 562. The number of halogens is 8. The maximum atomic E-state index is 13.3. The molecule has 2 aromatic rings. The van der Waals surface area contributed by atoms with Gasteiger partial charge < -0.3 is 0 Å². The smallest absolute Gasteiger partial charge is 0.153 e. The van der Waals surface area contributed by atoms with Gasteiger partial charge in [0.25, 0.3) is 0 Å². The van der Waals surface area contributed by atoms with Crippen LogP contribution in [0.1, 0.15) is 11.1 Å². The lowest BCUT2D eigenvalue weighted by atomic mass is 10.2. The molecule has 0 fully saturated rings. The zero-order chi connectivity index (χ0) is 17.0. The van der Waals surface area contributed by atoms with Crippen LogP contribution in [0.2, 0.25) is 0 Å². The lowest BCUT2D eigenvalue weighted by Gasteiger charge is -2.07. The van der Waals surface area contributed by atoms with Crippen LogP contribution in [0.15, 0.2) is 45.0 Å². The standard InChI is InChI=1S/C7H3Br4F.C7H5Br2F/c1-2-3(8)5(10)7(12)6(11)4(2)9;8-6-2-1-3-7(9)5(6)4-10/h1H3;1-3H,4H2. The van der Waals surface area contributed by atoms with Crippen LogP contribution in [0.3, 0.4) is 0 Å². The third-order valence-corrected chi connectivity index (χ3v) is 8.65. The topological polar surface area (TPSA) is 0 Å². The molecule has 0 radical (unpaired) electrons. The summed E-state index contributed by atoms with van der Waals surface area (Å²) in [6.45, 7) is 1.45. The molecule has 2 rings (SSSR count). The third-order valence-electron chi connectivity index (χ3n) is 2.62. The Morgan fingerprint density at radius 2 is 1.23 bits per heavy atom. The highest BCUT2D eigenvalue weighted by molar-refractivity contribution is 9.14. The SMILES string of the molecule is Cc1c(Br)c(Br)c(F)c(Br)c1Br.FCc1c(Br)cccc1Br. The highest BCUT2D eigenvalue weighted by Crippen LogP contribution is 2.39. The van der Waals surface area contributed by atoms with Crippen LogP contribution in [0.4, 0.5) is 8.78 Å². The predicted octanol–water partition coefficient (Wildman–Crippen LogP) is 8.87. The molecule has 0 unspecified atom stereocenters. The molecule has 8 heteroatoms. The van der Waals surface area contributed by atoms with E-state index in [1.165, 1.54) is 0 Å². The molecule has 0 atom stereocenters. The molecule has 0 saturated carbocycles. The molecule has 0 aliphatic heterocycles. The van der Waals surface area contributed by atoms with Crippen molar-refractivity contribution in [3.8, 4) is 0 Å². The summed E-state index contributed by atoms with van der Waals surface area (Å²) >= 11 is 19.3. The van der Waals surface area contributed by atoms with E-state index in [9.17, 15) is 8.78 Å². The number of alkyl halides is 1. The minimum atomic E-state index is -0.442. The summed E-state index contributed by atoms with van der Waals surface area (Å²) in [6.07, 6.45) is 0. The van der Waals surface area contributed by atoms with Crippen molar-refractivity contribution in [2.45, 2.75) is 13.6 Å². The van der Waals surface area contributed by atoms with Crippen LogP contribution in [0.25, 0.3) is 0 Å². The van der Waals surface area contributed by atoms with Crippen LogP contribution in [0, 0.1) is 12.7 Å². The zero-order valence-electron chi connectivity index (χ0n) is 11.0. The Morgan fingerprint density at radius 1 is 0.818 bits per heavy atom. The molecule has 0 aliphatic rings. The van der Waals surface area contributed by atoms with Gasteiger partial charge in [0.2, 0.25) is 0 Å². The first kappa shape index (κ1) is 21.2. The first-order valence-corrected chi connectivity index (χ1v) is 10.4. The Hall–Kier alpha value is 1.18. The van der Waals surface area contributed by atoms with E-state index in [4.69, 9.17) is 0 Å². The number of hydrogen-bond acceptors (Lipinski definition) is 0. The molecule has 0 spiro atoms. The van der Waals surface area contributed by atoms with Crippen LogP contribution in [0.5, 0.6) is 0 Å². The number of hydrogen-bond donors (Lipinski definition) is 0. The van der Waals surface area contributed by atoms with Gasteiger partial charge in [-0.15, -0.1) is 0 Å². The normalized spacial score (nSPS) is 10.2.